The molecular formula is C11H17N. The largest absolute Gasteiger partial charge is 0.198 e. The minimum absolute atomic E-state index is 0.156. The van der Waals surface area contributed by atoms with Gasteiger partial charge in [-0.15, -0.1) is 0 Å². The number of rotatable bonds is 0. The molecule has 0 bridgehead atoms. The maximum atomic E-state index is 8.77. The summed E-state index contributed by atoms with van der Waals surface area (Å²) in [4.78, 5) is 0. The minimum Gasteiger partial charge on any atom is -0.198 e. The van der Waals surface area contributed by atoms with Gasteiger partial charge >= 0.3 is 0 Å². The van der Waals surface area contributed by atoms with Gasteiger partial charge in [-0.05, 0) is 24.2 Å². The van der Waals surface area contributed by atoms with Crippen LogP contribution in [0.2, 0.25) is 0 Å². The average molecular weight is 163 g/mol. The van der Waals surface area contributed by atoms with E-state index in [0.29, 0.717) is 11.3 Å². The molecule has 66 valence electrons. The Morgan fingerprint density at radius 2 is 2.08 bits per heavy atom. The number of allylic oxidation sites excluding steroid dienone is 2. The van der Waals surface area contributed by atoms with Gasteiger partial charge in [0.05, 0.1) is 12.0 Å². The van der Waals surface area contributed by atoms with Crippen LogP contribution in [0.4, 0.5) is 0 Å². The lowest BCUT2D eigenvalue weighted by molar-refractivity contribution is 0.211. The number of hydrogen-bond acceptors (Lipinski definition) is 1. The van der Waals surface area contributed by atoms with E-state index in [4.69, 9.17) is 5.26 Å². The van der Waals surface area contributed by atoms with Gasteiger partial charge in [0.2, 0.25) is 0 Å². The van der Waals surface area contributed by atoms with Gasteiger partial charge in [-0.2, -0.15) is 5.26 Å². The van der Waals surface area contributed by atoms with E-state index in [1.807, 2.05) is 6.08 Å². The second kappa shape index (κ2) is 3.31. The molecule has 0 amide bonds. The Kier molecular flexibility index (Phi) is 2.57. The molecule has 2 unspecified atom stereocenters. The molecule has 1 rings (SSSR count). The van der Waals surface area contributed by atoms with Crippen LogP contribution in [0.5, 0.6) is 0 Å². The molecule has 0 aromatic heterocycles. The predicted molar refractivity (Wildman–Crippen MR) is 50.4 cm³/mol. The second-order valence-electron chi connectivity index (χ2n) is 4.70. The Morgan fingerprint density at radius 1 is 1.42 bits per heavy atom. The molecule has 0 saturated carbocycles. The first-order valence-corrected chi connectivity index (χ1v) is 4.60. The Balaban J connectivity index is 2.64. The molecule has 1 aliphatic rings. The van der Waals surface area contributed by atoms with Crippen molar-refractivity contribution in [3.05, 3.63) is 12.2 Å². The fourth-order valence-corrected chi connectivity index (χ4v) is 1.69. The molecule has 0 spiro atoms. The van der Waals surface area contributed by atoms with E-state index < -0.39 is 0 Å². The van der Waals surface area contributed by atoms with Gasteiger partial charge < -0.3 is 0 Å². The van der Waals surface area contributed by atoms with E-state index in [0.717, 1.165) is 12.8 Å². The highest BCUT2D eigenvalue weighted by atomic mass is 14.3. The first-order chi connectivity index (χ1) is 5.54. The second-order valence-corrected chi connectivity index (χ2v) is 4.70. The Hall–Kier alpha value is -0.770. The van der Waals surface area contributed by atoms with Crippen molar-refractivity contribution < 1.29 is 0 Å². The zero-order valence-electron chi connectivity index (χ0n) is 8.17. The van der Waals surface area contributed by atoms with Gasteiger partial charge in [0.15, 0.2) is 0 Å². The van der Waals surface area contributed by atoms with E-state index in [9.17, 15) is 0 Å². The summed E-state index contributed by atoms with van der Waals surface area (Å²) in [6.07, 6.45) is 6.38. The highest BCUT2D eigenvalue weighted by Crippen LogP contribution is 2.36. The summed E-state index contributed by atoms with van der Waals surface area (Å²) in [5.74, 6) is 0.829. The van der Waals surface area contributed by atoms with Crippen LogP contribution in [0, 0.1) is 28.6 Å². The predicted octanol–water partition coefficient (Wildman–Crippen LogP) is 3.14. The van der Waals surface area contributed by atoms with Crippen molar-refractivity contribution in [1.29, 1.82) is 5.26 Å². The third-order valence-electron chi connectivity index (χ3n) is 2.72. The van der Waals surface area contributed by atoms with Crippen molar-refractivity contribution in [2.75, 3.05) is 0 Å². The number of nitrogens with zero attached hydrogens (tertiary/aromatic N) is 1. The van der Waals surface area contributed by atoms with Crippen LogP contribution in [0.1, 0.15) is 33.6 Å². The van der Waals surface area contributed by atoms with Crippen molar-refractivity contribution >= 4 is 0 Å². The zero-order chi connectivity index (χ0) is 9.19. The monoisotopic (exact) mass is 163 g/mol. The Morgan fingerprint density at radius 3 is 2.58 bits per heavy atom. The molecule has 0 N–H and O–H groups in total. The number of nitriles is 1. The zero-order valence-corrected chi connectivity index (χ0v) is 8.17. The summed E-state index contributed by atoms with van der Waals surface area (Å²) >= 11 is 0. The summed E-state index contributed by atoms with van der Waals surface area (Å²) in [5.41, 5.74) is 0.347. The lowest BCUT2D eigenvalue weighted by atomic mass is 9.72. The molecule has 0 heterocycles. The van der Waals surface area contributed by atoms with Crippen molar-refractivity contribution in [3.63, 3.8) is 0 Å². The van der Waals surface area contributed by atoms with Crippen LogP contribution in [-0.2, 0) is 0 Å². The molecular weight excluding hydrogens is 146 g/mol. The van der Waals surface area contributed by atoms with Crippen LogP contribution in [0.15, 0.2) is 12.2 Å². The molecule has 0 aromatic carbocycles. The molecule has 0 radical (unpaired) electrons. The first-order valence-electron chi connectivity index (χ1n) is 4.60. The lowest BCUT2D eigenvalue weighted by Gasteiger charge is -2.33. The molecule has 0 aromatic rings. The quantitative estimate of drug-likeness (QED) is 0.503. The van der Waals surface area contributed by atoms with Gasteiger partial charge in [-0.3, -0.25) is 0 Å². The Bertz CT molecular complexity index is 214. The third kappa shape index (κ3) is 2.11. The van der Waals surface area contributed by atoms with Crippen molar-refractivity contribution in [2.45, 2.75) is 33.6 Å². The van der Waals surface area contributed by atoms with Crippen molar-refractivity contribution in [3.8, 4) is 6.07 Å². The SMILES string of the molecule is CC(C)(C)C1CC=CC(C#N)C1. The Labute approximate surface area is 75.1 Å². The van der Waals surface area contributed by atoms with Gasteiger partial charge in [0, 0.05) is 0 Å². The molecule has 2 atom stereocenters. The fraction of sp³-hybridized carbons (Fsp3) is 0.727. The highest BCUT2D eigenvalue weighted by Gasteiger charge is 2.27. The van der Waals surface area contributed by atoms with E-state index >= 15 is 0 Å². The van der Waals surface area contributed by atoms with E-state index in [1.165, 1.54) is 0 Å². The molecule has 12 heavy (non-hydrogen) atoms. The molecule has 0 aliphatic heterocycles. The van der Waals surface area contributed by atoms with Gasteiger partial charge in [0.25, 0.3) is 0 Å². The highest BCUT2D eigenvalue weighted by molar-refractivity contribution is 5.06. The average Bonchev–Trinajstić information content (AvgIpc) is 2.03. The smallest absolute Gasteiger partial charge is 0.0697 e. The third-order valence-corrected chi connectivity index (χ3v) is 2.72. The molecule has 1 heteroatoms. The standard InChI is InChI=1S/C11H17N/c1-11(2,3)10-6-4-5-9(7-10)8-12/h4-5,9-10H,6-7H2,1-3H3. The molecule has 1 aliphatic carbocycles. The minimum atomic E-state index is 0.156. The lowest BCUT2D eigenvalue weighted by Crippen LogP contribution is -2.24. The molecule has 0 fully saturated rings. The first kappa shape index (κ1) is 9.32. The van der Waals surface area contributed by atoms with E-state index in [1.54, 1.807) is 0 Å². The summed E-state index contributed by atoms with van der Waals surface area (Å²) in [6.45, 7) is 6.77. The van der Waals surface area contributed by atoms with Crippen LogP contribution < -0.4 is 0 Å². The summed E-state index contributed by atoms with van der Waals surface area (Å²) in [6, 6.07) is 2.32. The maximum absolute atomic E-state index is 8.77. The molecule has 1 nitrogen and oxygen atoms in total. The van der Waals surface area contributed by atoms with E-state index in [-0.39, 0.29) is 5.92 Å². The summed E-state index contributed by atoms with van der Waals surface area (Å²) in [5, 5.41) is 8.77. The van der Waals surface area contributed by atoms with Gasteiger partial charge in [0.1, 0.15) is 0 Å². The van der Waals surface area contributed by atoms with Crippen LogP contribution in [0.3, 0.4) is 0 Å². The topological polar surface area (TPSA) is 23.8 Å². The van der Waals surface area contributed by atoms with Crippen LogP contribution >= 0.6 is 0 Å². The molecule has 0 saturated heterocycles. The number of hydrogen-bond donors (Lipinski definition) is 0. The van der Waals surface area contributed by atoms with Crippen LogP contribution in [0.25, 0.3) is 0 Å². The van der Waals surface area contributed by atoms with Crippen LogP contribution in [-0.4, -0.2) is 0 Å². The van der Waals surface area contributed by atoms with Gasteiger partial charge in [-0.1, -0.05) is 32.9 Å². The summed E-state index contributed by atoms with van der Waals surface area (Å²) in [7, 11) is 0. The van der Waals surface area contributed by atoms with E-state index in [2.05, 4.69) is 32.9 Å². The van der Waals surface area contributed by atoms with Gasteiger partial charge in [-0.25, -0.2) is 0 Å². The maximum Gasteiger partial charge on any atom is 0.0697 e. The fourth-order valence-electron chi connectivity index (χ4n) is 1.69. The normalized spacial score (nSPS) is 29.8. The summed E-state index contributed by atoms with van der Waals surface area (Å²) < 4.78 is 0. The van der Waals surface area contributed by atoms with Crippen molar-refractivity contribution in [2.24, 2.45) is 17.3 Å². The van der Waals surface area contributed by atoms with Crippen molar-refractivity contribution in [1.82, 2.24) is 0 Å².